The first-order valence-electron chi connectivity index (χ1n) is 5.66. The summed E-state index contributed by atoms with van der Waals surface area (Å²) in [5.41, 5.74) is 3.48. The van der Waals surface area contributed by atoms with Crippen molar-refractivity contribution in [3.8, 4) is 0 Å². The minimum absolute atomic E-state index is 0.0285. The number of hydrogen-bond donors (Lipinski definition) is 2. The molecule has 1 amide bonds. The van der Waals surface area contributed by atoms with Crippen LogP contribution in [0.5, 0.6) is 0 Å². The third kappa shape index (κ3) is 3.26. The largest absolute Gasteiger partial charge is 0.374 e. The summed E-state index contributed by atoms with van der Waals surface area (Å²) in [6, 6.07) is 5.91. The van der Waals surface area contributed by atoms with E-state index in [0.717, 1.165) is 5.69 Å². The number of likely N-dealkylation sites (N-methyl/N-ethyl adjacent to an activating group) is 1. The van der Waals surface area contributed by atoms with Crippen molar-refractivity contribution < 1.29 is 4.79 Å². The number of benzene rings is 1. The lowest BCUT2D eigenvalue weighted by atomic mass is 10.1. The summed E-state index contributed by atoms with van der Waals surface area (Å²) < 4.78 is 0. The van der Waals surface area contributed by atoms with Gasteiger partial charge < -0.3 is 10.6 Å². The van der Waals surface area contributed by atoms with Crippen LogP contribution in [0.2, 0.25) is 0 Å². The molecule has 0 aromatic heterocycles. The normalized spacial score (nSPS) is 12.0. The summed E-state index contributed by atoms with van der Waals surface area (Å²) in [5, 5.41) is 5.97. The molecule has 0 aliphatic heterocycles. The predicted octanol–water partition coefficient (Wildman–Crippen LogP) is 2.24. The Morgan fingerprint density at radius 1 is 1.31 bits per heavy atom. The topological polar surface area (TPSA) is 41.1 Å². The Bertz CT molecular complexity index is 374. The summed E-state index contributed by atoms with van der Waals surface area (Å²) in [6.45, 7) is 8.59. The van der Waals surface area contributed by atoms with Gasteiger partial charge >= 0.3 is 0 Å². The van der Waals surface area contributed by atoms with Crippen molar-refractivity contribution in [3.63, 3.8) is 0 Å². The lowest BCUT2D eigenvalue weighted by Gasteiger charge is -2.15. The maximum Gasteiger partial charge on any atom is 0.242 e. The van der Waals surface area contributed by atoms with Crippen LogP contribution in [0.3, 0.4) is 0 Å². The predicted molar refractivity (Wildman–Crippen MR) is 67.7 cm³/mol. The fourth-order valence-corrected chi connectivity index (χ4v) is 1.47. The number of anilines is 1. The lowest BCUT2D eigenvalue weighted by molar-refractivity contribution is -0.121. The first kappa shape index (κ1) is 12.6. The zero-order valence-corrected chi connectivity index (χ0v) is 10.4. The molecule has 1 aromatic rings. The van der Waals surface area contributed by atoms with Gasteiger partial charge in [0.15, 0.2) is 0 Å². The number of rotatable bonds is 4. The number of nitrogens with one attached hydrogen (secondary N) is 2. The molecular formula is C13H20N2O. The molecule has 0 bridgehead atoms. The second-order valence-corrected chi connectivity index (χ2v) is 4.06. The van der Waals surface area contributed by atoms with E-state index < -0.39 is 0 Å². The van der Waals surface area contributed by atoms with Crippen LogP contribution in [0, 0.1) is 13.8 Å². The van der Waals surface area contributed by atoms with E-state index in [2.05, 4.69) is 36.6 Å². The highest BCUT2D eigenvalue weighted by Crippen LogP contribution is 2.14. The smallest absolute Gasteiger partial charge is 0.242 e. The maximum atomic E-state index is 11.5. The molecule has 88 valence electrons. The van der Waals surface area contributed by atoms with Crippen LogP contribution in [-0.2, 0) is 4.79 Å². The van der Waals surface area contributed by atoms with E-state index in [1.165, 1.54) is 11.1 Å². The molecule has 0 spiro atoms. The Hall–Kier alpha value is -1.51. The molecule has 1 unspecified atom stereocenters. The molecule has 2 N–H and O–H groups in total. The van der Waals surface area contributed by atoms with Crippen molar-refractivity contribution in [2.45, 2.75) is 33.7 Å². The molecule has 1 aromatic carbocycles. The Balaban J connectivity index is 2.66. The van der Waals surface area contributed by atoms with Gasteiger partial charge in [-0.05, 0) is 51.0 Å². The molecular weight excluding hydrogens is 200 g/mol. The molecule has 0 radical (unpaired) electrons. The van der Waals surface area contributed by atoms with Crippen molar-refractivity contribution in [2.24, 2.45) is 0 Å². The van der Waals surface area contributed by atoms with Gasteiger partial charge in [-0.3, -0.25) is 4.79 Å². The van der Waals surface area contributed by atoms with Gasteiger partial charge in [0.05, 0.1) is 0 Å². The molecule has 0 aliphatic rings. The van der Waals surface area contributed by atoms with E-state index >= 15 is 0 Å². The van der Waals surface area contributed by atoms with Crippen LogP contribution < -0.4 is 10.6 Å². The van der Waals surface area contributed by atoms with Crippen LogP contribution >= 0.6 is 0 Å². The highest BCUT2D eigenvalue weighted by molar-refractivity contribution is 5.84. The zero-order chi connectivity index (χ0) is 12.1. The number of hydrogen-bond acceptors (Lipinski definition) is 2. The Labute approximate surface area is 97.2 Å². The second-order valence-electron chi connectivity index (χ2n) is 4.06. The SMILES string of the molecule is CCNC(=O)C(C)Nc1ccc(C)c(C)c1. The standard InChI is InChI=1S/C13H20N2O/c1-5-14-13(16)11(4)15-12-7-6-9(2)10(3)8-12/h6-8,11,15H,5H2,1-4H3,(H,14,16). The molecule has 1 atom stereocenters. The number of carbonyl (C=O) groups excluding carboxylic acids is 1. The van der Waals surface area contributed by atoms with E-state index in [1.54, 1.807) is 0 Å². The van der Waals surface area contributed by atoms with Crippen molar-refractivity contribution in [1.29, 1.82) is 0 Å². The van der Waals surface area contributed by atoms with Gasteiger partial charge in [0.25, 0.3) is 0 Å². The molecule has 1 rings (SSSR count). The minimum atomic E-state index is -0.206. The summed E-state index contributed by atoms with van der Waals surface area (Å²) in [7, 11) is 0. The highest BCUT2D eigenvalue weighted by Gasteiger charge is 2.10. The second kappa shape index (κ2) is 5.54. The first-order valence-corrected chi connectivity index (χ1v) is 5.66. The molecule has 3 heteroatoms. The van der Waals surface area contributed by atoms with Gasteiger partial charge in [-0.1, -0.05) is 6.07 Å². The van der Waals surface area contributed by atoms with Gasteiger partial charge in [-0.15, -0.1) is 0 Å². The number of aryl methyl sites for hydroxylation is 2. The fourth-order valence-electron chi connectivity index (χ4n) is 1.47. The zero-order valence-electron chi connectivity index (χ0n) is 10.4. The van der Waals surface area contributed by atoms with Crippen LogP contribution in [0.15, 0.2) is 18.2 Å². The molecule has 0 heterocycles. The van der Waals surface area contributed by atoms with Gasteiger partial charge in [0, 0.05) is 12.2 Å². The summed E-state index contributed by atoms with van der Waals surface area (Å²) >= 11 is 0. The van der Waals surface area contributed by atoms with E-state index in [9.17, 15) is 4.79 Å². The lowest BCUT2D eigenvalue weighted by Crippen LogP contribution is -2.37. The Morgan fingerprint density at radius 3 is 2.56 bits per heavy atom. The average molecular weight is 220 g/mol. The van der Waals surface area contributed by atoms with Crippen LogP contribution in [-0.4, -0.2) is 18.5 Å². The van der Waals surface area contributed by atoms with Gasteiger partial charge in [0.1, 0.15) is 6.04 Å². The van der Waals surface area contributed by atoms with E-state index in [-0.39, 0.29) is 11.9 Å². The fraction of sp³-hybridized carbons (Fsp3) is 0.462. The monoisotopic (exact) mass is 220 g/mol. The highest BCUT2D eigenvalue weighted by atomic mass is 16.2. The minimum Gasteiger partial charge on any atom is -0.374 e. The van der Waals surface area contributed by atoms with Crippen LogP contribution in [0.4, 0.5) is 5.69 Å². The summed E-state index contributed by atoms with van der Waals surface area (Å²) in [4.78, 5) is 11.5. The Morgan fingerprint density at radius 2 is 2.00 bits per heavy atom. The number of amides is 1. The number of carbonyl (C=O) groups is 1. The van der Waals surface area contributed by atoms with Gasteiger partial charge in [-0.25, -0.2) is 0 Å². The molecule has 0 saturated carbocycles. The average Bonchev–Trinajstić information content (AvgIpc) is 2.24. The molecule has 16 heavy (non-hydrogen) atoms. The van der Waals surface area contributed by atoms with E-state index in [0.29, 0.717) is 6.54 Å². The maximum absolute atomic E-state index is 11.5. The molecule has 0 aliphatic carbocycles. The van der Waals surface area contributed by atoms with Crippen molar-refractivity contribution in [1.82, 2.24) is 5.32 Å². The van der Waals surface area contributed by atoms with E-state index in [4.69, 9.17) is 0 Å². The van der Waals surface area contributed by atoms with E-state index in [1.807, 2.05) is 19.9 Å². The molecule has 3 nitrogen and oxygen atoms in total. The van der Waals surface area contributed by atoms with Crippen molar-refractivity contribution >= 4 is 11.6 Å². The van der Waals surface area contributed by atoms with Gasteiger partial charge in [-0.2, -0.15) is 0 Å². The molecule has 0 fully saturated rings. The van der Waals surface area contributed by atoms with Gasteiger partial charge in [0.2, 0.25) is 5.91 Å². The van der Waals surface area contributed by atoms with Crippen molar-refractivity contribution in [3.05, 3.63) is 29.3 Å². The third-order valence-electron chi connectivity index (χ3n) is 2.63. The van der Waals surface area contributed by atoms with Crippen LogP contribution in [0.25, 0.3) is 0 Å². The van der Waals surface area contributed by atoms with Crippen molar-refractivity contribution in [2.75, 3.05) is 11.9 Å². The third-order valence-corrected chi connectivity index (χ3v) is 2.63. The Kier molecular flexibility index (Phi) is 4.35. The summed E-state index contributed by atoms with van der Waals surface area (Å²) in [6.07, 6.45) is 0. The first-order chi connectivity index (χ1) is 7.54. The quantitative estimate of drug-likeness (QED) is 0.817. The summed E-state index contributed by atoms with van der Waals surface area (Å²) in [5.74, 6) is 0.0285. The molecule has 0 saturated heterocycles. The van der Waals surface area contributed by atoms with Crippen LogP contribution in [0.1, 0.15) is 25.0 Å².